The molecule has 0 radical (unpaired) electrons. The third kappa shape index (κ3) is 63.0. The van der Waals surface area contributed by atoms with Crippen molar-refractivity contribution in [2.24, 2.45) is 3.50 Å². The third-order valence-electron chi connectivity index (χ3n) is 0.480. The fourth-order valence-corrected chi connectivity index (χ4v) is 1.53. The number of aliphatic hydroxyl groups excluding tert-OH is 1. The molecule has 0 aliphatic carbocycles. The average molecular weight is 2850 g/mol. The van der Waals surface area contributed by atoms with Crippen molar-refractivity contribution in [2.45, 2.75) is 0 Å². The molecule has 0 fully saturated rings. The van der Waals surface area contributed by atoms with Crippen LogP contribution < -0.4 is 0 Å². The Hall–Kier alpha value is 9.13. The molecule has 0 spiro atoms. The molecule has 4 nitrogen and oxygen atoms in total. The van der Waals surface area contributed by atoms with Crippen molar-refractivity contribution >= 4 is 15.7 Å². The number of rotatable bonds is 2. The zero-order valence-electron chi connectivity index (χ0n) is 9.37. The van der Waals surface area contributed by atoms with Crippen molar-refractivity contribution < 1.29 is 313 Å². The number of hydrogen-bond acceptors (Lipinski definition) is 1. The van der Waals surface area contributed by atoms with Gasteiger partial charge in [0, 0.05) is 232 Å². The monoisotopic (exact) mass is 2860 g/mol. The third-order valence-corrected chi connectivity index (χ3v) is 2.36. The quantitative estimate of drug-likeness (QED) is 0.299. The van der Waals surface area contributed by atoms with Crippen LogP contribution in [0.5, 0.6) is 0 Å². The SMILES string of the molecule is [N-]=C(O)[C](=[W])C(=O)[N]=[W].[W].[W].[W].[W].[W].[W].[W].[W].[W].[W].[W].[W]=[W]. The standard InChI is InChI=1S/C3HN2O2.15W/c4-2(6)1-3(5)7;;;;;;;;;;;;;;;/h(H-,4,6);;;;;;;;;;;;;;;/q-1;;;;;;;;;;;;;;;. The molecular formula is C3HN2O2W15-. The molecule has 0 rings (SSSR count). The van der Waals surface area contributed by atoms with Crippen LogP contribution in [0.1, 0.15) is 0 Å². The first-order valence-electron chi connectivity index (χ1n) is 1.93. The summed E-state index contributed by atoms with van der Waals surface area (Å²) in [6.45, 7) is 0. The summed E-state index contributed by atoms with van der Waals surface area (Å²) < 4.78 is 3.26. The fraction of sp³-hybridized carbons (Fsp3) is 0. The van der Waals surface area contributed by atoms with Gasteiger partial charge in [-0.25, -0.2) is 0 Å². The van der Waals surface area contributed by atoms with Crippen LogP contribution in [0.25, 0.3) is 5.41 Å². The Labute approximate surface area is 329 Å². The van der Waals surface area contributed by atoms with Gasteiger partial charge >= 0.3 is 106 Å². The molecule has 1 N–H and O–H groups in total. The summed E-state index contributed by atoms with van der Waals surface area (Å²) in [4.78, 5) is 10.5. The van der Waals surface area contributed by atoms with Gasteiger partial charge in [0.15, 0.2) is 0 Å². The van der Waals surface area contributed by atoms with Crippen LogP contribution in [0.3, 0.4) is 0 Å². The number of carbonyl (C=O) groups excluding carboxylic acids is 1. The molecule has 0 saturated heterocycles. The number of hydrogen-bond donors (Lipinski definition) is 1. The topological polar surface area (TPSA) is 72.0 Å². The Bertz CT molecular complexity index is 213. The summed E-state index contributed by atoms with van der Waals surface area (Å²) >= 11 is 4.80. The van der Waals surface area contributed by atoms with Gasteiger partial charge in [0.05, 0.1) is 0 Å². The van der Waals surface area contributed by atoms with E-state index in [1.54, 1.807) is 32.4 Å². The molecule has 0 heterocycles. The van der Waals surface area contributed by atoms with Crippen LogP contribution in [0, 0.1) is 0 Å². The Balaban J connectivity index is -0.00000000544. The van der Waals surface area contributed by atoms with E-state index in [0.717, 1.165) is 19.6 Å². The van der Waals surface area contributed by atoms with Gasteiger partial charge in [0.2, 0.25) is 0 Å². The summed E-state index contributed by atoms with van der Waals surface area (Å²) in [5.74, 6) is -1.46. The van der Waals surface area contributed by atoms with Crippen molar-refractivity contribution in [1.29, 1.82) is 0 Å². The predicted molar refractivity (Wildman–Crippen MR) is 23.4 cm³/mol. The van der Waals surface area contributed by atoms with Gasteiger partial charge in [-0.05, 0) is 0 Å². The molecule has 0 saturated carbocycles. The van der Waals surface area contributed by atoms with E-state index >= 15 is 0 Å². The summed E-state index contributed by atoms with van der Waals surface area (Å²) in [5, 5.41) is 16.6. The summed E-state index contributed by atoms with van der Waals surface area (Å²) in [6.07, 6.45) is 0. The molecule has 126 valence electrons. The minimum absolute atomic E-state index is 0. The van der Waals surface area contributed by atoms with Crippen molar-refractivity contribution in [3.8, 4) is 0 Å². The second kappa shape index (κ2) is 69.9. The number of carbonyl (C=O) groups is 1. The van der Waals surface area contributed by atoms with Crippen LogP contribution in [0.15, 0.2) is 3.50 Å². The van der Waals surface area contributed by atoms with Crippen LogP contribution in [0.4, 0.5) is 0 Å². The second-order valence-corrected chi connectivity index (χ2v) is 3.17. The molecule has 19 heteroatoms. The molecule has 0 aromatic rings. The Morgan fingerprint density at radius 2 is 0.955 bits per heavy atom. The van der Waals surface area contributed by atoms with Crippen molar-refractivity contribution in [1.82, 2.24) is 0 Å². The number of nitrogens with zero attached hydrogens (tertiary/aromatic N) is 2. The van der Waals surface area contributed by atoms with Crippen LogP contribution in [-0.2, 0) is 308 Å². The number of amides is 1. The van der Waals surface area contributed by atoms with Gasteiger partial charge in [-0.1, -0.05) is 0 Å². The van der Waals surface area contributed by atoms with Gasteiger partial charge in [-0.15, -0.1) is 0 Å². The molecule has 0 bridgehead atoms. The molecule has 0 aliphatic rings. The molecule has 0 aliphatic heterocycles. The molecular weight excluding hydrogens is 2850 g/mol. The minimum atomic E-state index is -0.917. The summed E-state index contributed by atoms with van der Waals surface area (Å²) in [5.41, 5.74) is 0. The van der Waals surface area contributed by atoms with E-state index in [4.69, 9.17) is 10.5 Å². The maximum absolute atomic E-state index is 10.5. The molecule has 0 aromatic carbocycles. The van der Waals surface area contributed by atoms with Gasteiger partial charge in [0.1, 0.15) is 0 Å². The van der Waals surface area contributed by atoms with Gasteiger partial charge in [-0.3, -0.25) is 0 Å². The predicted octanol–water partition coefficient (Wildman–Crippen LogP) is -0.544. The van der Waals surface area contributed by atoms with E-state index in [1.165, 1.54) is 0 Å². The summed E-state index contributed by atoms with van der Waals surface area (Å²) in [6, 6.07) is 0. The number of aliphatic hydroxyl groups is 1. The van der Waals surface area contributed by atoms with Gasteiger partial charge in [0.25, 0.3) is 0 Å². The Kier molecular flexibility index (Phi) is 273. The van der Waals surface area contributed by atoms with Gasteiger partial charge < -0.3 is 0 Å². The molecule has 22 heavy (non-hydrogen) atoms. The zero-order chi connectivity index (χ0) is 9.44. The van der Waals surface area contributed by atoms with Crippen LogP contribution in [0.2, 0.25) is 0 Å². The average Bonchev–Trinajstić information content (AvgIpc) is 2.05. The summed E-state index contributed by atoms with van der Waals surface area (Å²) in [7, 11) is 0. The fourth-order valence-electron chi connectivity index (χ4n) is 0.137. The van der Waals surface area contributed by atoms with Gasteiger partial charge in [-0.2, -0.15) is 0 Å². The van der Waals surface area contributed by atoms with Crippen molar-refractivity contribution in [2.75, 3.05) is 0 Å². The maximum atomic E-state index is 10.5. The second-order valence-electron chi connectivity index (χ2n) is 1.05. The first-order chi connectivity index (χ1) is 5.09. The molecule has 1 amide bonds. The van der Waals surface area contributed by atoms with E-state index in [-0.39, 0.29) is 236 Å². The first-order valence-corrected chi connectivity index (χ1v) is 15.7. The molecule has 0 atom stereocenters. The van der Waals surface area contributed by atoms with Crippen LogP contribution in [-0.4, -0.2) is 20.8 Å². The Morgan fingerprint density at radius 1 is 0.773 bits per heavy atom. The first kappa shape index (κ1) is 86.0. The Morgan fingerprint density at radius 3 is 1.00 bits per heavy atom. The molecule has 0 aromatic heterocycles. The van der Waals surface area contributed by atoms with Crippen molar-refractivity contribution in [3.63, 3.8) is 0 Å². The van der Waals surface area contributed by atoms with E-state index in [2.05, 4.69) is 3.50 Å². The van der Waals surface area contributed by atoms with E-state index in [1.807, 2.05) is 0 Å². The van der Waals surface area contributed by atoms with E-state index < -0.39 is 11.8 Å². The van der Waals surface area contributed by atoms with E-state index in [9.17, 15) is 4.79 Å². The van der Waals surface area contributed by atoms with Crippen molar-refractivity contribution in [3.05, 3.63) is 5.41 Å². The van der Waals surface area contributed by atoms with E-state index in [0.29, 0.717) is 19.4 Å². The molecule has 0 unspecified atom stereocenters. The normalized spacial score (nSPS) is 3.45. The van der Waals surface area contributed by atoms with Crippen LogP contribution >= 0.6 is 0 Å². The zero-order valence-corrected chi connectivity index (χ0v) is 53.4.